The Kier molecular flexibility index (Phi) is 4.68. The van der Waals surface area contributed by atoms with E-state index in [2.05, 4.69) is 5.32 Å². The van der Waals surface area contributed by atoms with Crippen molar-refractivity contribution in [2.45, 2.75) is 23.8 Å². The second kappa shape index (κ2) is 7.01. The SMILES string of the molecule is O=C1CC[C@H](C(=O)N2CCN(S(=O)(=O)c3ccc4c(c3)OCCO4)CC2)N1. The van der Waals surface area contributed by atoms with Crippen molar-refractivity contribution in [2.75, 3.05) is 39.4 Å². The molecular weight excluding hydrogens is 374 g/mol. The van der Waals surface area contributed by atoms with Gasteiger partial charge in [0.05, 0.1) is 4.90 Å². The monoisotopic (exact) mass is 395 g/mol. The van der Waals surface area contributed by atoms with Crippen LogP contribution in [-0.2, 0) is 19.6 Å². The van der Waals surface area contributed by atoms with Gasteiger partial charge in [-0.25, -0.2) is 8.42 Å². The molecule has 9 nitrogen and oxygen atoms in total. The van der Waals surface area contributed by atoms with Gasteiger partial charge in [0.25, 0.3) is 0 Å². The number of carbonyl (C=O) groups is 2. The molecule has 0 radical (unpaired) electrons. The first kappa shape index (κ1) is 18.1. The molecule has 3 heterocycles. The third-order valence-corrected chi connectivity index (χ3v) is 6.89. The molecular formula is C17H21N3O6S. The highest BCUT2D eigenvalue weighted by Gasteiger charge is 2.35. The normalized spacial score (nSPS) is 23.2. The Labute approximate surface area is 157 Å². The minimum absolute atomic E-state index is 0.117. The van der Waals surface area contributed by atoms with E-state index >= 15 is 0 Å². The van der Waals surface area contributed by atoms with Gasteiger partial charge in [-0.15, -0.1) is 0 Å². The number of nitrogens with zero attached hydrogens (tertiary/aromatic N) is 2. The molecule has 27 heavy (non-hydrogen) atoms. The Morgan fingerprint density at radius 2 is 1.78 bits per heavy atom. The molecule has 0 spiro atoms. The van der Waals surface area contributed by atoms with E-state index in [0.717, 1.165) is 0 Å². The lowest BCUT2D eigenvalue weighted by atomic mass is 10.2. The van der Waals surface area contributed by atoms with Crippen LogP contribution in [0.4, 0.5) is 0 Å². The van der Waals surface area contributed by atoms with E-state index in [1.807, 2.05) is 0 Å². The van der Waals surface area contributed by atoms with Gasteiger partial charge >= 0.3 is 0 Å². The summed E-state index contributed by atoms with van der Waals surface area (Å²) in [7, 11) is -3.68. The fourth-order valence-electron chi connectivity index (χ4n) is 3.50. The van der Waals surface area contributed by atoms with Gasteiger partial charge in [0.2, 0.25) is 21.8 Å². The van der Waals surface area contributed by atoms with E-state index in [1.54, 1.807) is 11.0 Å². The number of benzene rings is 1. The van der Waals surface area contributed by atoms with Crippen LogP contribution in [0.1, 0.15) is 12.8 Å². The highest BCUT2D eigenvalue weighted by molar-refractivity contribution is 7.89. The zero-order valence-electron chi connectivity index (χ0n) is 14.7. The zero-order chi connectivity index (χ0) is 19.0. The lowest BCUT2D eigenvalue weighted by molar-refractivity contribution is -0.135. The number of hydrogen-bond donors (Lipinski definition) is 1. The van der Waals surface area contributed by atoms with Crippen LogP contribution in [0, 0.1) is 0 Å². The topological polar surface area (TPSA) is 105 Å². The van der Waals surface area contributed by atoms with Crippen molar-refractivity contribution >= 4 is 21.8 Å². The predicted molar refractivity (Wildman–Crippen MR) is 93.9 cm³/mol. The summed E-state index contributed by atoms with van der Waals surface area (Å²) >= 11 is 0. The molecule has 1 aromatic carbocycles. The van der Waals surface area contributed by atoms with Gasteiger partial charge in [-0.05, 0) is 18.6 Å². The Balaban J connectivity index is 1.42. The molecule has 3 aliphatic rings. The van der Waals surface area contributed by atoms with Crippen molar-refractivity contribution < 1.29 is 27.5 Å². The molecule has 1 atom stereocenters. The maximum Gasteiger partial charge on any atom is 0.245 e. The highest BCUT2D eigenvalue weighted by atomic mass is 32.2. The quantitative estimate of drug-likeness (QED) is 0.745. The van der Waals surface area contributed by atoms with Crippen molar-refractivity contribution in [3.05, 3.63) is 18.2 Å². The number of nitrogens with one attached hydrogen (secondary N) is 1. The van der Waals surface area contributed by atoms with Crippen LogP contribution in [0.3, 0.4) is 0 Å². The molecule has 0 unspecified atom stereocenters. The molecule has 0 aliphatic carbocycles. The molecule has 2 fully saturated rings. The molecule has 1 N–H and O–H groups in total. The predicted octanol–water partition coefficient (Wildman–Crippen LogP) is -0.431. The number of rotatable bonds is 3. The summed E-state index contributed by atoms with van der Waals surface area (Å²) in [4.78, 5) is 25.5. The van der Waals surface area contributed by atoms with Gasteiger partial charge in [0, 0.05) is 38.7 Å². The Morgan fingerprint density at radius 1 is 1.07 bits per heavy atom. The lowest BCUT2D eigenvalue weighted by Gasteiger charge is -2.35. The van der Waals surface area contributed by atoms with Gasteiger partial charge in [0.15, 0.2) is 11.5 Å². The molecule has 1 aromatic rings. The number of hydrogen-bond acceptors (Lipinski definition) is 6. The van der Waals surface area contributed by atoms with Crippen LogP contribution >= 0.6 is 0 Å². The summed E-state index contributed by atoms with van der Waals surface area (Å²) in [5, 5.41) is 2.66. The first-order chi connectivity index (χ1) is 12.9. The number of sulfonamides is 1. The molecule has 3 aliphatic heterocycles. The van der Waals surface area contributed by atoms with Gasteiger partial charge in [0.1, 0.15) is 19.3 Å². The average Bonchev–Trinajstić information content (AvgIpc) is 3.13. The van der Waals surface area contributed by atoms with E-state index < -0.39 is 16.1 Å². The molecule has 0 aromatic heterocycles. The van der Waals surface area contributed by atoms with E-state index in [1.165, 1.54) is 16.4 Å². The van der Waals surface area contributed by atoms with Crippen molar-refractivity contribution in [1.29, 1.82) is 0 Å². The van der Waals surface area contributed by atoms with Crippen LogP contribution in [-0.4, -0.2) is 74.9 Å². The maximum absolute atomic E-state index is 12.9. The first-order valence-corrected chi connectivity index (χ1v) is 10.4. The lowest BCUT2D eigenvalue weighted by Crippen LogP contribution is -2.54. The summed E-state index contributed by atoms with van der Waals surface area (Å²) in [5.41, 5.74) is 0. The van der Waals surface area contributed by atoms with E-state index in [0.29, 0.717) is 50.6 Å². The zero-order valence-corrected chi connectivity index (χ0v) is 15.5. The first-order valence-electron chi connectivity index (χ1n) is 8.93. The molecule has 0 bridgehead atoms. The number of ether oxygens (including phenoxy) is 2. The number of carbonyl (C=O) groups excluding carboxylic acids is 2. The summed E-state index contributed by atoms with van der Waals surface area (Å²) in [6, 6.07) is 4.10. The Bertz CT molecular complexity index is 863. The van der Waals surface area contributed by atoms with Crippen molar-refractivity contribution in [3.63, 3.8) is 0 Å². The molecule has 2 saturated heterocycles. The summed E-state index contributed by atoms with van der Waals surface area (Å²) < 4.78 is 38.1. The van der Waals surface area contributed by atoms with Crippen LogP contribution < -0.4 is 14.8 Å². The van der Waals surface area contributed by atoms with Crippen molar-refractivity contribution in [2.24, 2.45) is 0 Å². The number of fused-ring (bicyclic) bond motifs is 1. The highest BCUT2D eigenvalue weighted by Crippen LogP contribution is 2.33. The fourth-order valence-corrected chi connectivity index (χ4v) is 4.94. The average molecular weight is 395 g/mol. The Hall–Kier alpha value is -2.33. The molecule has 146 valence electrons. The minimum atomic E-state index is -3.68. The molecule has 2 amide bonds. The second-order valence-electron chi connectivity index (χ2n) is 6.69. The largest absolute Gasteiger partial charge is 0.486 e. The summed E-state index contributed by atoms with van der Waals surface area (Å²) in [6.07, 6.45) is 0.849. The fraction of sp³-hybridized carbons (Fsp3) is 0.529. The molecule has 0 saturated carbocycles. The van der Waals surface area contributed by atoms with Gasteiger partial charge in [-0.1, -0.05) is 0 Å². The molecule has 10 heteroatoms. The van der Waals surface area contributed by atoms with Gasteiger partial charge in [-0.3, -0.25) is 9.59 Å². The van der Waals surface area contributed by atoms with Crippen molar-refractivity contribution in [1.82, 2.24) is 14.5 Å². The maximum atomic E-state index is 12.9. The summed E-state index contributed by atoms with van der Waals surface area (Å²) in [6.45, 7) is 1.85. The van der Waals surface area contributed by atoms with Crippen molar-refractivity contribution in [3.8, 4) is 11.5 Å². The Morgan fingerprint density at radius 3 is 2.44 bits per heavy atom. The van der Waals surface area contributed by atoms with Crippen LogP contribution in [0.25, 0.3) is 0 Å². The minimum Gasteiger partial charge on any atom is -0.486 e. The standard InChI is InChI=1S/C17H21N3O6S/c21-16-4-2-13(18-16)17(22)19-5-7-20(8-6-19)27(23,24)12-1-3-14-15(11-12)26-10-9-25-14/h1,3,11,13H,2,4-10H2,(H,18,21)/t13-/m1/s1. The third kappa shape index (κ3) is 3.46. The number of amides is 2. The van der Waals surface area contributed by atoms with Crippen LogP contribution in [0.2, 0.25) is 0 Å². The number of piperazine rings is 1. The van der Waals surface area contributed by atoms with Crippen LogP contribution in [0.15, 0.2) is 23.1 Å². The van der Waals surface area contributed by atoms with E-state index in [9.17, 15) is 18.0 Å². The van der Waals surface area contributed by atoms with Gasteiger partial charge in [-0.2, -0.15) is 4.31 Å². The van der Waals surface area contributed by atoms with E-state index in [-0.39, 0.29) is 29.8 Å². The smallest absolute Gasteiger partial charge is 0.245 e. The van der Waals surface area contributed by atoms with E-state index in [4.69, 9.17) is 9.47 Å². The van der Waals surface area contributed by atoms with Crippen LogP contribution in [0.5, 0.6) is 11.5 Å². The van der Waals surface area contributed by atoms with Gasteiger partial charge < -0.3 is 19.7 Å². The third-order valence-electron chi connectivity index (χ3n) is 5.00. The second-order valence-corrected chi connectivity index (χ2v) is 8.63. The molecule has 4 rings (SSSR count). The summed E-state index contributed by atoms with van der Waals surface area (Å²) in [5.74, 6) is 0.702.